The van der Waals surface area contributed by atoms with Crippen LogP contribution in [0.15, 0.2) is 60.2 Å². The Labute approximate surface area is 255 Å². The van der Waals surface area contributed by atoms with Gasteiger partial charge in [-0.2, -0.15) is 5.26 Å². The molecule has 4 aromatic rings. The minimum Gasteiger partial charge on any atom is -0.345 e. The molecule has 2 N–H and O–H groups in total. The molecule has 0 spiro atoms. The second-order valence-electron chi connectivity index (χ2n) is 10.1. The van der Waals surface area contributed by atoms with Crippen molar-refractivity contribution in [2.24, 2.45) is 0 Å². The SMILES string of the molecule is CC(NC(=O)c1cnc2n1[C@](C)(Cc1ccc(C#N)cc1)C(=O)N2c1cc(Cl)cc(Cl)c1)C(=O)N[C@@H](C)c1nccs1. The Morgan fingerprint density at radius 3 is 2.40 bits per heavy atom. The number of thiazole rings is 1. The second kappa shape index (κ2) is 11.6. The van der Waals surface area contributed by atoms with Crippen LogP contribution in [0.5, 0.6) is 0 Å². The van der Waals surface area contributed by atoms with E-state index in [0.717, 1.165) is 10.6 Å². The lowest BCUT2D eigenvalue weighted by molar-refractivity contribution is -0.124. The highest BCUT2D eigenvalue weighted by Crippen LogP contribution is 2.43. The maximum atomic E-state index is 14.2. The summed E-state index contributed by atoms with van der Waals surface area (Å²) in [6, 6.07) is 12.5. The summed E-state index contributed by atoms with van der Waals surface area (Å²) >= 11 is 13.9. The highest BCUT2D eigenvalue weighted by Gasteiger charge is 2.51. The number of imidazole rings is 1. The van der Waals surface area contributed by atoms with Gasteiger partial charge in [-0.15, -0.1) is 11.3 Å². The maximum Gasteiger partial charge on any atom is 0.270 e. The third kappa shape index (κ3) is 5.48. The molecule has 5 rings (SSSR count). The molecule has 0 saturated heterocycles. The van der Waals surface area contributed by atoms with Crippen molar-refractivity contribution in [1.82, 2.24) is 25.2 Å². The Hall–Kier alpha value is -4.24. The zero-order valence-corrected chi connectivity index (χ0v) is 25.1. The number of rotatable bonds is 8. The zero-order valence-electron chi connectivity index (χ0n) is 22.8. The van der Waals surface area contributed by atoms with E-state index in [2.05, 4.69) is 26.7 Å². The molecule has 2 aromatic heterocycles. The molecule has 0 fully saturated rings. The fourth-order valence-corrected chi connectivity index (χ4v) is 6.07. The highest BCUT2D eigenvalue weighted by molar-refractivity contribution is 7.09. The quantitative estimate of drug-likeness (QED) is 0.279. The summed E-state index contributed by atoms with van der Waals surface area (Å²) in [7, 11) is 0. The number of fused-ring (bicyclic) bond motifs is 1. The van der Waals surface area contributed by atoms with E-state index in [9.17, 15) is 19.6 Å². The predicted octanol–water partition coefficient (Wildman–Crippen LogP) is 5.15. The molecule has 0 aliphatic carbocycles. The first-order chi connectivity index (χ1) is 20.0. The standard InChI is InChI=1S/C29H25Cl2N7O3S/c1-16(24(39)36-17(2)26-33-8-9-42-26)35-25(40)23-15-34-28-37(22-11-20(30)10-21(31)12-22)27(41)29(3,38(23)28)13-18-4-6-19(14-32)7-5-18/h4-12,15-17H,13H2,1-3H3,(H,35,40)(H,36,39)/t16?,17-,29+/m0/s1. The molecule has 3 heterocycles. The van der Waals surface area contributed by atoms with Crippen molar-refractivity contribution in [2.75, 3.05) is 4.90 Å². The van der Waals surface area contributed by atoms with Gasteiger partial charge in [0.1, 0.15) is 22.3 Å². The van der Waals surface area contributed by atoms with Crippen LogP contribution in [0.4, 0.5) is 11.6 Å². The fourth-order valence-electron chi connectivity index (χ4n) is 4.91. The van der Waals surface area contributed by atoms with Gasteiger partial charge in [0.05, 0.1) is 29.6 Å². The summed E-state index contributed by atoms with van der Waals surface area (Å²) in [5, 5.41) is 18.0. The van der Waals surface area contributed by atoms with E-state index >= 15 is 0 Å². The third-order valence-electron chi connectivity index (χ3n) is 6.99. The van der Waals surface area contributed by atoms with E-state index in [1.165, 1.54) is 22.4 Å². The number of hydrogen-bond acceptors (Lipinski definition) is 7. The van der Waals surface area contributed by atoms with E-state index < -0.39 is 17.5 Å². The largest absolute Gasteiger partial charge is 0.345 e. The van der Waals surface area contributed by atoms with Gasteiger partial charge in [0.25, 0.3) is 11.8 Å². The van der Waals surface area contributed by atoms with Crippen molar-refractivity contribution in [3.8, 4) is 6.07 Å². The van der Waals surface area contributed by atoms with Crippen LogP contribution in [-0.4, -0.2) is 38.3 Å². The maximum absolute atomic E-state index is 14.2. The molecule has 1 aliphatic heterocycles. The number of aromatic nitrogens is 3. The first kappa shape index (κ1) is 29.3. The molecule has 1 unspecified atom stereocenters. The summed E-state index contributed by atoms with van der Waals surface area (Å²) in [6.45, 7) is 5.10. The van der Waals surface area contributed by atoms with Gasteiger partial charge in [-0.25, -0.2) is 14.9 Å². The van der Waals surface area contributed by atoms with E-state index in [0.29, 0.717) is 21.3 Å². The molecular weight excluding hydrogens is 597 g/mol. The number of nitrogens with zero attached hydrogens (tertiary/aromatic N) is 5. The van der Waals surface area contributed by atoms with Crippen molar-refractivity contribution in [1.29, 1.82) is 5.26 Å². The van der Waals surface area contributed by atoms with Gasteiger partial charge in [-0.1, -0.05) is 35.3 Å². The summed E-state index contributed by atoms with van der Waals surface area (Å²) in [5.41, 5.74) is 0.440. The van der Waals surface area contributed by atoms with Crippen LogP contribution in [-0.2, 0) is 21.5 Å². The number of carbonyl (C=O) groups excluding carboxylic acids is 3. The number of halogens is 2. The average Bonchev–Trinajstić information content (AvgIpc) is 3.68. The van der Waals surface area contributed by atoms with Crippen LogP contribution < -0.4 is 15.5 Å². The summed E-state index contributed by atoms with van der Waals surface area (Å²) in [6.07, 6.45) is 3.22. The molecule has 0 bridgehead atoms. The number of hydrogen-bond donors (Lipinski definition) is 2. The van der Waals surface area contributed by atoms with Gasteiger partial charge in [-0.3, -0.25) is 19.0 Å². The molecule has 1 aliphatic rings. The van der Waals surface area contributed by atoms with Crippen LogP contribution in [0.25, 0.3) is 0 Å². The normalized spacial score (nSPS) is 17.3. The second-order valence-corrected chi connectivity index (χ2v) is 11.9. The third-order valence-corrected chi connectivity index (χ3v) is 8.39. The zero-order chi connectivity index (χ0) is 30.2. The van der Waals surface area contributed by atoms with Gasteiger partial charge in [-0.05, 0) is 56.7 Å². The van der Waals surface area contributed by atoms with Gasteiger partial charge >= 0.3 is 0 Å². The first-order valence-electron chi connectivity index (χ1n) is 12.9. The molecule has 0 saturated carbocycles. The molecule has 42 heavy (non-hydrogen) atoms. The van der Waals surface area contributed by atoms with Gasteiger partial charge in [0.2, 0.25) is 11.9 Å². The Morgan fingerprint density at radius 1 is 1.10 bits per heavy atom. The monoisotopic (exact) mass is 621 g/mol. The van der Waals surface area contributed by atoms with Crippen LogP contribution in [0, 0.1) is 11.3 Å². The smallest absolute Gasteiger partial charge is 0.270 e. The number of anilines is 2. The molecule has 13 heteroatoms. The summed E-state index contributed by atoms with van der Waals surface area (Å²) in [4.78, 5) is 50.7. The lowest BCUT2D eigenvalue weighted by Crippen LogP contribution is -2.47. The van der Waals surface area contributed by atoms with Crippen LogP contribution >= 0.6 is 34.5 Å². The van der Waals surface area contributed by atoms with Crippen LogP contribution in [0.3, 0.4) is 0 Å². The molecular formula is C29H25Cl2N7O3S. The topological polar surface area (TPSA) is 133 Å². The molecule has 10 nitrogen and oxygen atoms in total. The predicted molar refractivity (Wildman–Crippen MR) is 160 cm³/mol. The molecule has 3 atom stereocenters. The minimum absolute atomic E-state index is 0.0951. The van der Waals surface area contributed by atoms with Crippen molar-refractivity contribution in [2.45, 2.75) is 44.8 Å². The average molecular weight is 623 g/mol. The molecule has 0 radical (unpaired) electrons. The molecule has 2 aromatic carbocycles. The van der Waals surface area contributed by atoms with Gasteiger partial charge in [0.15, 0.2) is 0 Å². The van der Waals surface area contributed by atoms with E-state index in [1.54, 1.807) is 67.1 Å². The van der Waals surface area contributed by atoms with Crippen molar-refractivity contribution in [3.05, 3.63) is 92.1 Å². The number of amides is 3. The number of nitriles is 1. The fraction of sp³-hybridized carbons (Fsp3) is 0.241. The number of benzene rings is 2. The van der Waals surface area contributed by atoms with Crippen LogP contribution in [0.2, 0.25) is 10.0 Å². The van der Waals surface area contributed by atoms with Gasteiger partial charge in [0, 0.05) is 28.0 Å². The Morgan fingerprint density at radius 2 is 1.79 bits per heavy atom. The minimum atomic E-state index is -1.30. The molecule has 3 amide bonds. The molecule has 214 valence electrons. The van der Waals surface area contributed by atoms with Crippen molar-refractivity contribution in [3.63, 3.8) is 0 Å². The highest BCUT2D eigenvalue weighted by atomic mass is 35.5. The van der Waals surface area contributed by atoms with E-state index in [-0.39, 0.29) is 35.9 Å². The number of nitrogens with one attached hydrogen (secondary N) is 2. The van der Waals surface area contributed by atoms with Crippen molar-refractivity contribution < 1.29 is 14.4 Å². The lowest BCUT2D eigenvalue weighted by atomic mass is 9.91. The Balaban J connectivity index is 1.49. The summed E-state index contributed by atoms with van der Waals surface area (Å²) in [5.74, 6) is -1.12. The Bertz CT molecular complexity index is 1700. The lowest BCUT2D eigenvalue weighted by Gasteiger charge is -2.27. The number of carbonyl (C=O) groups is 3. The van der Waals surface area contributed by atoms with Crippen molar-refractivity contribution >= 4 is 63.9 Å². The summed E-state index contributed by atoms with van der Waals surface area (Å²) < 4.78 is 1.57. The first-order valence-corrected chi connectivity index (χ1v) is 14.5. The van der Waals surface area contributed by atoms with E-state index in [4.69, 9.17) is 23.2 Å². The van der Waals surface area contributed by atoms with Crippen LogP contribution in [0.1, 0.15) is 53.4 Å². The Kier molecular flexibility index (Phi) is 8.06. The van der Waals surface area contributed by atoms with E-state index in [1.807, 2.05) is 12.3 Å². The van der Waals surface area contributed by atoms with Gasteiger partial charge < -0.3 is 10.6 Å².